The molecule has 0 unspecified atom stereocenters. The molecule has 186 valence electrons. The summed E-state index contributed by atoms with van der Waals surface area (Å²) >= 11 is 0. The predicted molar refractivity (Wildman–Crippen MR) is 135 cm³/mol. The molecule has 0 fully saturated rings. The quantitative estimate of drug-likeness (QED) is 0.299. The SMILES string of the molecule is CCc1ccc[n+](C2=C(c3c(C(C)C)nn(-c4ccccc4)c3[O-])C(=O)N(c3ccc(F)cc3)C2=O)c1. The smallest absolute Gasteiger partial charge is 0.331 e. The van der Waals surface area contributed by atoms with E-state index in [0.717, 1.165) is 10.5 Å². The van der Waals surface area contributed by atoms with E-state index >= 15 is 0 Å². The molecule has 7 nitrogen and oxygen atoms in total. The molecule has 0 N–H and O–H groups in total. The van der Waals surface area contributed by atoms with Gasteiger partial charge >= 0.3 is 5.91 Å². The number of anilines is 1. The summed E-state index contributed by atoms with van der Waals surface area (Å²) in [4.78, 5) is 28.8. The lowest BCUT2D eigenvalue weighted by atomic mass is 9.98. The molecule has 0 saturated carbocycles. The van der Waals surface area contributed by atoms with E-state index in [9.17, 15) is 19.1 Å². The number of carbonyl (C=O) groups is 2. The van der Waals surface area contributed by atoms with E-state index < -0.39 is 23.5 Å². The van der Waals surface area contributed by atoms with Crippen LogP contribution in [0.1, 0.15) is 43.5 Å². The maximum absolute atomic E-state index is 14.0. The Bertz CT molecular complexity index is 1540. The number of aromatic nitrogens is 3. The van der Waals surface area contributed by atoms with Crippen LogP contribution in [0.25, 0.3) is 17.0 Å². The van der Waals surface area contributed by atoms with E-state index in [1.165, 1.54) is 28.9 Å². The van der Waals surface area contributed by atoms with Gasteiger partial charge < -0.3 is 5.11 Å². The Hall–Kier alpha value is -4.59. The number of halogens is 1. The topological polar surface area (TPSA) is 82.1 Å². The van der Waals surface area contributed by atoms with Gasteiger partial charge in [0.2, 0.25) is 0 Å². The van der Waals surface area contributed by atoms with Gasteiger partial charge in [0.05, 0.1) is 17.1 Å². The first-order chi connectivity index (χ1) is 17.8. The highest BCUT2D eigenvalue weighted by Crippen LogP contribution is 2.40. The van der Waals surface area contributed by atoms with Gasteiger partial charge in [0.25, 0.3) is 11.6 Å². The number of aryl methyl sites for hydroxylation is 1. The van der Waals surface area contributed by atoms with Crippen LogP contribution in [0.2, 0.25) is 0 Å². The first kappa shape index (κ1) is 24.1. The molecule has 2 aromatic heterocycles. The molecule has 3 heterocycles. The summed E-state index contributed by atoms with van der Waals surface area (Å²) in [5.74, 6) is -2.46. The van der Waals surface area contributed by atoms with Crippen molar-refractivity contribution in [3.8, 4) is 11.6 Å². The molecule has 2 amide bonds. The van der Waals surface area contributed by atoms with E-state index in [0.29, 0.717) is 17.8 Å². The van der Waals surface area contributed by atoms with Gasteiger partial charge in [-0.05, 0) is 60.7 Å². The third kappa shape index (κ3) is 4.10. The van der Waals surface area contributed by atoms with E-state index in [4.69, 9.17) is 0 Å². The summed E-state index contributed by atoms with van der Waals surface area (Å²) in [7, 11) is 0. The zero-order chi connectivity index (χ0) is 26.3. The molecule has 0 saturated heterocycles. The molecule has 0 atom stereocenters. The van der Waals surface area contributed by atoms with E-state index in [1.54, 1.807) is 47.3 Å². The van der Waals surface area contributed by atoms with Crippen molar-refractivity contribution in [2.45, 2.75) is 33.1 Å². The van der Waals surface area contributed by atoms with Crippen LogP contribution in [0.15, 0.2) is 79.1 Å². The summed E-state index contributed by atoms with van der Waals surface area (Å²) < 4.78 is 16.5. The molecule has 5 rings (SSSR count). The Morgan fingerprint density at radius 1 is 0.946 bits per heavy atom. The highest BCUT2D eigenvalue weighted by molar-refractivity contribution is 6.53. The molecular weight excluding hydrogens is 471 g/mol. The Labute approximate surface area is 213 Å². The molecule has 1 aliphatic rings. The Morgan fingerprint density at radius 2 is 1.65 bits per heavy atom. The maximum atomic E-state index is 14.0. The monoisotopic (exact) mass is 496 g/mol. The summed E-state index contributed by atoms with van der Waals surface area (Å²) in [6, 6.07) is 17.7. The highest BCUT2D eigenvalue weighted by Gasteiger charge is 2.47. The fourth-order valence-electron chi connectivity index (χ4n) is 4.48. The van der Waals surface area contributed by atoms with Crippen molar-refractivity contribution in [3.63, 3.8) is 0 Å². The fourth-order valence-corrected chi connectivity index (χ4v) is 4.48. The van der Waals surface area contributed by atoms with E-state index in [-0.39, 0.29) is 28.4 Å². The summed E-state index contributed by atoms with van der Waals surface area (Å²) in [5, 5.41) is 18.4. The number of amides is 2. The van der Waals surface area contributed by atoms with Gasteiger partial charge in [-0.15, -0.1) is 0 Å². The zero-order valence-electron chi connectivity index (χ0n) is 20.7. The second-order valence-electron chi connectivity index (χ2n) is 9.09. The number of carbonyl (C=O) groups excluding carboxylic acids is 2. The van der Waals surface area contributed by atoms with Crippen molar-refractivity contribution >= 4 is 28.8 Å². The van der Waals surface area contributed by atoms with Crippen molar-refractivity contribution in [2.24, 2.45) is 0 Å². The van der Waals surface area contributed by atoms with Crippen molar-refractivity contribution in [1.29, 1.82) is 0 Å². The van der Waals surface area contributed by atoms with Crippen LogP contribution in [0, 0.1) is 5.82 Å². The van der Waals surface area contributed by atoms with Gasteiger partial charge in [-0.1, -0.05) is 39.0 Å². The average Bonchev–Trinajstić information content (AvgIpc) is 3.38. The standard InChI is InChI=1S/C29H25FN4O3/c1-4-19-9-8-16-32(17-19)26-24(27(35)33(29(26)37)21-14-12-20(30)13-15-21)23-25(18(2)3)31-34(28(23)36)22-10-6-5-7-11-22/h5-18H,4H2,1-3H3. The number of hydrogen-bond donors (Lipinski definition) is 0. The second-order valence-corrected chi connectivity index (χ2v) is 9.09. The molecule has 0 aliphatic carbocycles. The zero-order valence-corrected chi connectivity index (χ0v) is 20.7. The van der Waals surface area contributed by atoms with Crippen LogP contribution >= 0.6 is 0 Å². The third-order valence-electron chi connectivity index (χ3n) is 6.34. The van der Waals surface area contributed by atoms with Crippen molar-refractivity contribution in [3.05, 3.63) is 102 Å². The van der Waals surface area contributed by atoms with Crippen molar-refractivity contribution in [1.82, 2.24) is 9.78 Å². The molecule has 0 bridgehead atoms. The van der Waals surface area contributed by atoms with Gasteiger partial charge in [-0.2, -0.15) is 9.67 Å². The maximum Gasteiger partial charge on any atom is 0.331 e. The number of imide groups is 1. The van der Waals surface area contributed by atoms with Gasteiger partial charge in [-0.25, -0.2) is 14.0 Å². The summed E-state index contributed by atoms with van der Waals surface area (Å²) in [5.41, 5.74) is 2.24. The number of para-hydroxylation sites is 1. The number of benzene rings is 2. The minimum absolute atomic E-state index is 0.0246. The number of pyridine rings is 1. The predicted octanol–water partition coefficient (Wildman–Crippen LogP) is 4.00. The second kappa shape index (κ2) is 9.46. The number of rotatable bonds is 6. The molecule has 1 aliphatic heterocycles. The Balaban J connectivity index is 1.80. The Kier molecular flexibility index (Phi) is 6.17. The normalized spacial score (nSPS) is 13.8. The molecular formula is C29H25FN4O3. The highest BCUT2D eigenvalue weighted by atomic mass is 19.1. The van der Waals surface area contributed by atoms with Gasteiger partial charge in [0.15, 0.2) is 12.4 Å². The molecule has 0 radical (unpaired) electrons. The van der Waals surface area contributed by atoms with Crippen molar-refractivity contribution < 1.29 is 23.7 Å². The van der Waals surface area contributed by atoms with E-state index in [2.05, 4.69) is 5.10 Å². The van der Waals surface area contributed by atoms with Crippen LogP contribution in [-0.4, -0.2) is 21.6 Å². The summed E-state index contributed by atoms with van der Waals surface area (Å²) in [6.07, 6.45) is 4.16. The first-order valence-corrected chi connectivity index (χ1v) is 12.1. The van der Waals surface area contributed by atoms with Gasteiger partial charge in [0, 0.05) is 17.2 Å². The van der Waals surface area contributed by atoms with Crippen LogP contribution in [0.5, 0.6) is 5.88 Å². The van der Waals surface area contributed by atoms with Gasteiger partial charge in [0.1, 0.15) is 11.4 Å². The molecule has 8 heteroatoms. The van der Waals surface area contributed by atoms with Crippen LogP contribution in [-0.2, 0) is 16.0 Å². The van der Waals surface area contributed by atoms with Crippen LogP contribution in [0.3, 0.4) is 0 Å². The number of hydrogen-bond acceptors (Lipinski definition) is 4. The summed E-state index contributed by atoms with van der Waals surface area (Å²) in [6.45, 7) is 5.74. The molecule has 37 heavy (non-hydrogen) atoms. The Morgan fingerprint density at radius 3 is 2.30 bits per heavy atom. The van der Waals surface area contributed by atoms with E-state index in [1.807, 2.05) is 32.9 Å². The lowest BCUT2D eigenvalue weighted by molar-refractivity contribution is -0.577. The lowest BCUT2D eigenvalue weighted by Gasteiger charge is -2.16. The minimum atomic E-state index is -0.660. The lowest BCUT2D eigenvalue weighted by Crippen LogP contribution is -2.40. The fraction of sp³-hybridized carbons (Fsp3) is 0.172. The van der Waals surface area contributed by atoms with Crippen LogP contribution in [0.4, 0.5) is 10.1 Å². The first-order valence-electron chi connectivity index (χ1n) is 12.1. The molecule has 2 aromatic carbocycles. The largest absolute Gasteiger partial charge is 0.858 e. The molecule has 4 aromatic rings. The third-order valence-corrected chi connectivity index (χ3v) is 6.34. The van der Waals surface area contributed by atoms with Crippen molar-refractivity contribution in [2.75, 3.05) is 4.90 Å². The minimum Gasteiger partial charge on any atom is -0.858 e. The van der Waals surface area contributed by atoms with Crippen LogP contribution < -0.4 is 14.6 Å². The van der Waals surface area contributed by atoms with Gasteiger partial charge in [-0.3, -0.25) is 9.59 Å². The molecule has 0 spiro atoms. The number of nitrogens with zero attached hydrogens (tertiary/aromatic N) is 4. The average molecular weight is 497 g/mol.